The molecule has 1 rings (SSSR count). The minimum Gasteiger partial charge on any atom is -0.331 e. The van der Waals surface area contributed by atoms with Gasteiger partial charge >= 0.3 is 6.03 Å². The van der Waals surface area contributed by atoms with E-state index in [4.69, 9.17) is 0 Å². The Morgan fingerprint density at radius 1 is 1.25 bits per heavy atom. The molecule has 12 heavy (non-hydrogen) atoms. The van der Waals surface area contributed by atoms with Crippen molar-refractivity contribution >= 4 is 6.03 Å². The maximum absolute atomic E-state index is 11.5. The maximum Gasteiger partial charge on any atom is 0.319 e. The number of hydrogen-bond donors (Lipinski definition) is 0. The third kappa shape index (κ3) is 1.71. The third-order valence-corrected chi connectivity index (χ3v) is 2.64. The van der Waals surface area contributed by atoms with E-state index in [-0.39, 0.29) is 6.03 Å². The molecule has 2 atom stereocenters. The largest absolute Gasteiger partial charge is 0.331 e. The van der Waals surface area contributed by atoms with Gasteiger partial charge in [0.05, 0.1) is 0 Å². The molecule has 2 amide bonds. The number of rotatable bonds is 0. The Morgan fingerprint density at radius 2 is 1.67 bits per heavy atom. The molecule has 0 saturated carbocycles. The molecule has 0 aromatic heterocycles. The van der Waals surface area contributed by atoms with Crippen molar-refractivity contribution in [3.8, 4) is 0 Å². The van der Waals surface area contributed by atoms with Gasteiger partial charge in [-0.05, 0) is 11.8 Å². The fourth-order valence-corrected chi connectivity index (χ4v) is 1.57. The zero-order chi connectivity index (χ0) is 9.30. The molecule has 1 aliphatic heterocycles. The van der Waals surface area contributed by atoms with Crippen molar-refractivity contribution in [3.63, 3.8) is 0 Å². The van der Waals surface area contributed by atoms with Crippen LogP contribution in [0.15, 0.2) is 0 Å². The summed E-state index contributed by atoms with van der Waals surface area (Å²) in [6, 6.07) is 0.145. The minimum atomic E-state index is 0.145. The second-order valence-corrected chi connectivity index (χ2v) is 4.04. The Labute approximate surface area is 74.3 Å². The van der Waals surface area contributed by atoms with Crippen LogP contribution in [-0.2, 0) is 0 Å². The van der Waals surface area contributed by atoms with Crippen LogP contribution in [0.5, 0.6) is 0 Å². The topological polar surface area (TPSA) is 23.6 Å². The van der Waals surface area contributed by atoms with Gasteiger partial charge in [0.2, 0.25) is 0 Å². The summed E-state index contributed by atoms with van der Waals surface area (Å²) in [6.07, 6.45) is 0. The van der Waals surface area contributed by atoms with Crippen molar-refractivity contribution in [2.75, 3.05) is 27.2 Å². The lowest BCUT2D eigenvalue weighted by Crippen LogP contribution is -2.37. The number of likely N-dealkylation sites (tertiary alicyclic amines) is 1. The fraction of sp³-hybridized carbons (Fsp3) is 0.889. The number of nitrogens with zero attached hydrogens (tertiary/aromatic N) is 2. The zero-order valence-electron chi connectivity index (χ0n) is 8.37. The van der Waals surface area contributed by atoms with E-state index in [1.807, 2.05) is 4.90 Å². The van der Waals surface area contributed by atoms with Crippen molar-refractivity contribution in [1.82, 2.24) is 9.80 Å². The van der Waals surface area contributed by atoms with Gasteiger partial charge in [-0.15, -0.1) is 0 Å². The van der Waals surface area contributed by atoms with Gasteiger partial charge in [-0.3, -0.25) is 0 Å². The number of hydrogen-bond acceptors (Lipinski definition) is 1. The smallest absolute Gasteiger partial charge is 0.319 e. The quantitative estimate of drug-likeness (QED) is 0.537. The molecule has 1 heterocycles. The van der Waals surface area contributed by atoms with Crippen LogP contribution in [-0.4, -0.2) is 43.0 Å². The third-order valence-electron chi connectivity index (χ3n) is 2.64. The van der Waals surface area contributed by atoms with Gasteiger partial charge < -0.3 is 9.80 Å². The van der Waals surface area contributed by atoms with Crippen molar-refractivity contribution in [2.45, 2.75) is 13.8 Å². The van der Waals surface area contributed by atoms with E-state index in [1.165, 1.54) is 0 Å². The van der Waals surface area contributed by atoms with Gasteiger partial charge in [0.25, 0.3) is 0 Å². The molecule has 70 valence electrons. The van der Waals surface area contributed by atoms with Crippen LogP contribution in [0.25, 0.3) is 0 Å². The number of urea groups is 1. The van der Waals surface area contributed by atoms with E-state index in [2.05, 4.69) is 13.8 Å². The second-order valence-electron chi connectivity index (χ2n) is 4.04. The van der Waals surface area contributed by atoms with Crippen LogP contribution in [0.2, 0.25) is 0 Å². The van der Waals surface area contributed by atoms with Crippen LogP contribution in [0.3, 0.4) is 0 Å². The first kappa shape index (κ1) is 9.36. The molecule has 1 aliphatic rings. The van der Waals surface area contributed by atoms with E-state index >= 15 is 0 Å². The SMILES string of the molecule is C[C@@H]1CN(C(=O)N(C)C)C[C@@H]1C. The van der Waals surface area contributed by atoms with E-state index < -0.39 is 0 Å². The van der Waals surface area contributed by atoms with Crippen molar-refractivity contribution in [3.05, 3.63) is 0 Å². The standard InChI is InChI=1S/C9H18N2O/c1-7-5-11(6-8(7)2)9(12)10(3)4/h7-8H,5-6H2,1-4H3/t7-,8+. The lowest BCUT2D eigenvalue weighted by atomic mass is 10.0. The van der Waals surface area contributed by atoms with Crippen LogP contribution < -0.4 is 0 Å². The molecule has 0 aromatic rings. The Bertz CT molecular complexity index is 169. The molecular weight excluding hydrogens is 152 g/mol. The van der Waals surface area contributed by atoms with Gasteiger partial charge in [0.15, 0.2) is 0 Å². The highest BCUT2D eigenvalue weighted by Gasteiger charge is 2.29. The van der Waals surface area contributed by atoms with Gasteiger partial charge in [-0.2, -0.15) is 0 Å². The molecule has 0 bridgehead atoms. The number of amides is 2. The highest BCUT2D eigenvalue weighted by Crippen LogP contribution is 2.22. The molecule has 0 radical (unpaired) electrons. The fourth-order valence-electron chi connectivity index (χ4n) is 1.57. The Morgan fingerprint density at radius 3 is 2.00 bits per heavy atom. The van der Waals surface area contributed by atoms with E-state index in [0.29, 0.717) is 11.8 Å². The van der Waals surface area contributed by atoms with E-state index in [9.17, 15) is 4.79 Å². The average molecular weight is 170 g/mol. The Balaban J connectivity index is 2.52. The van der Waals surface area contributed by atoms with Crippen molar-refractivity contribution in [2.24, 2.45) is 11.8 Å². The van der Waals surface area contributed by atoms with E-state index in [1.54, 1.807) is 19.0 Å². The summed E-state index contributed by atoms with van der Waals surface area (Å²) in [6.45, 7) is 6.23. The van der Waals surface area contributed by atoms with Gasteiger partial charge in [0, 0.05) is 27.2 Å². The molecule has 3 nitrogen and oxygen atoms in total. The minimum absolute atomic E-state index is 0.145. The molecule has 0 aliphatic carbocycles. The van der Waals surface area contributed by atoms with Gasteiger partial charge in [-0.1, -0.05) is 13.8 Å². The zero-order valence-corrected chi connectivity index (χ0v) is 8.37. The van der Waals surface area contributed by atoms with Crippen LogP contribution >= 0.6 is 0 Å². The first-order chi connectivity index (χ1) is 5.52. The summed E-state index contributed by atoms with van der Waals surface area (Å²) in [5.41, 5.74) is 0. The monoisotopic (exact) mass is 170 g/mol. The lowest BCUT2D eigenvalue weighted by Gasteiger charge is -2.20. The first-order valence-corrected chi connectivity index (χ1v) is 4.48. The number of carbonyl (C=O) groups is 1. The second kappa shape index (κ2) is 3.33. The van der Waals surface area contributed by atoms with Crippen molar-refractivity contribution in [1.29, 1.82) is 0 Å². The van der Waals surface area contributed by atoms with E-state index in [0.717, 1.165) is 13.1 Å². The van der Waals surface area contributed by atoms with Crippen LogP contribution in [0.1, 0.15) is 13.8 Å². The molecule has 0 spiro atoms. The molecule has 1 fully saturated rings. The summed E-state index contributed by atoms with van der Waals surface area (Å²) in [7, 11) is 3.60. The highest BCUT2D eigenvalue weighted by atomic mass is 16.2. The molecule has 0 aromatic carbocycles. The summed E-state index contributed by atoms with van der Waals surface area (Å²) < 4.78 is 0. The molecule has 0 unspecified atom stereocenters. The molecule has 3 heteroatoms. The Hall–Kier alpha value is -0.730. The molecular formula is C9H18N2O. The molecule has 0 N–H and O–H groups in total. The maximum atomic E-state index is 11.5. The van der Waals surface area contributed by atoms with Crippen LogP contribution in [0, 0.1) is 11.8 Å². The number of carbonyl (C=O) groups excluding carboxylic acids is 1. The normalized spacial score (nSPS) is 29.2. The summed E-state index contributed by atoms with van der Waals surface area (Å²) in [4.78, 5) is 15.1. The predicted molar refractivity (Wildman–Crippen MR) is 49.0 cm³/mol. The highest BCUT2D eigenvalue weighted by molar-refractivity contribution is 5.74. The average Bonchev–Trinajstić information content (AvgIpc) is 2.30. The summed E-state index contributed by atoms with van der Waals surface area (Å²) >= 11 is 0. The van der Waals surface area contributed by atoms with Gasteiger partial charge in [0.1, 0.15) is 0 Å². The molecule has 1 saturated heterocycles. The first-order valence-electron chi connectivity index (χ1n) is 4.48. The van der Waals surface area contributed by atoms with Crippen molar-refractivity contribution < 1.29 is 4.79 Å². The van der Waals surface area contributed by atoms with Gasteiger partial charge in [-0.25, -0.2) is 4.79 Å². The lowest BCUT2D eigenvalue weighted by molar-refractivity contribution is 0.179. The van der Waals surface area contributed by atoms with Crippen LogP contribution in [0.4, 0.5) is 4.79 Å². The summed E-state index contributed by atoms with van der Waals surface area (Å²) in [5.74, 6) is 1.29. The Kier molecular flexibility index (Phi) is 2.60. The summed E-state index contributed by atoms with van der Waals surface area (Å²) in [5, 5.41) is 0. The predicted octanol–water partition coefficient (Wildman–Crippen LogP) is 1.26.